The van der Waals surface area contributed by atoms with E-state index < -0.39 is 0 Å². The van der Waals surface area contributed by atoms with Crippen LogP contribution in [-0.4, -0.2) is 19.9 Å². The van der Waals surface area contributed by atoms with Crippen molar-refractivity contribution in [3.63, 3.8) is 0 Å². The van der Waals surface area contributed by atoms with Crippen molar-refractivity contribution in [2.75, 3.05) is 5.32 Å². The molecule has 1 aromatic carbocycles. The molecule has 0 radical (unpaired) electrons. The van der Waals surface area contributed by atoms with Gasteiger partial charge in [0, 0.05) is 5.69 Å². The molecule has 2 aromatic heterocycles. The molecular weight excluding hydrogens is 285 g/mol. The van der Waals surface area contributed by atoms with E-state index in [1.54, 1.807) is 0 Å². The standard InChI is InChI=1S/C12H9Cl2N5/c1-6-16-9-3-2-7(4-10(9)17-6)18-11-8(13)5-15-12(14)19-11/h2-5H,1H3,(H,16,17)(H,15,18,19). The Labute approximate surface area is 119 Å². The van der Waals surface area contributed by atoms with Gasteiger partial charge in [0.05, 0.1) is 17.2 Å². The van der Waals surface area contributed by atoms with Crippen LogP contribution in [0.5, 0.6) is 0 Å². The van der Waals surface area contributed by atoms with Gasteiger partial charge < -0.3 is 10.3 Å². The Bertz CT molecular complexity index is 753. The van der Waals surface area contributed by atoms with E-state index in [1.807, 2.05) is 25.1 Å². The van der Waals surface area contributed by atoms with Gasteiger partial charge in [-0.3, -0.25) is 0 Å². The van der Waals surface area contributed by atoms with Crippen molar-refractivity contribution in [3.05, 3.63) is 40.5 Å². The molecule has 5 nitrogen and oxygen atoms in total. The summed E-state index contributed by atoms with van der Waals surface area (Å²) in [7, 11) is 0. The van der Waals surface area contributed by atoms with E-state index >= 15 is 0 Å². The lowest BCUT2D eigenvalue weighted by molar-refractivity contribution is 1.17. The number of benzene rings is 1. The van der Waals surface area contributed by atoms with Crippen molar-refractivity contribution in [3.8, 4) is 0 Å². The molecule has 3 aromatic rings. The monoisotopic (exact) mass is 293 g/mol. The highest BCUT2D eigenvalue weighted by Gasteiger charge is 2.06. The van der Waals surface area contributed by atoms with Crippen LogP contribution in [0.4, 0.5) is 11.5 Å². The molecule has 0 unspecified atom stereocenters. The van der Waals surface area contributed by atoms with Gasteiger partial charge in [-0.15, -0.1) is 0 Å². The van der Waals surface area contributed by atoms with Crippen LogP contribution in [-0.2, 0) is 0 Å². The minimum atomic E-state index is 0.144. The fourth-order valence-electron chi connectivity index (χ4n) is 1.78. The van der Waals surface area contributed by atoms with Crippen LogP contribution < -0.4 is 5.32 Å². The van der Waals surface area contributed by atoms with Gasteiger partial charge in [-0.25, -0.2) is 9.97 Å². The fourth-order valence-corrected chi connectivity index (χ4v) is 2.06. The van der Waals surface area contributed by atoms with Crippen LogP contribution in [0, 0.1) is 6.92 Å². The maximum absolute atomic E-state index is 6.00. The van der Waals surface area contributed by atoms with Crippen molar-refractivity contribution < 1.29 is 0 Å². The van der Waals surface area contributed by atoms with Gasteiger partial charge in [0.15, 0.2) is 5.82 Å². The maximum Gasteiger partial charge on any atom is 0.224 e. The van der Waals surface area contributed by atoms with Crippen LogP contribution in [0.1, 0.15) is 5.82 Å². The Hall–Kier alpha value is -1.85. The van der Waals surface area contributed by atoms with Gasteiger partial charge >= 0.3 is 0 Å². The number of rotatable bonds is 2. The van der Waals surface area contributed by atoms with E-state index in [1.165, 1.54) is 6.20 Å². The second-order valence-electron chi connectivity index (χ2n) is 4.01. The Morgan fingerprint density at radius 2 is 2.05 bits per heavy atom. The summed E-state index contributed by atoms with van der Waals surface area (Å²) < 4.78 is 0. The number of fused-ring (bicyclic) bond motifs is 1. The van der Waals surface area contributed by atoms with Gasteiger partial charge in [-0.2, -0.15) is 4.98 Å². The molecule has 96 valence electrons. The molecule has 2 heterocycles. The summed E-state index contributed by atoms with van der Waals surface area (Å²) in [5.74, 6) is 1.34. The first-order valence-electron chi connectivity index (χ1n) is 5.53. The number of nitrogens with zero attached hydrogens (tertiary/aromatic N) is 3. The summed E-state index contributed by atoms with van der Waals surface area (Å²) in [6, 6.07) is 5.74. The number of aromatic nitrogens is 4. The molecule has 19 heavy (non-hydrogen) atoms. The maximum atomic E-state index is 6.00. The summed E-state index contributed by atoms with van der Waals surface area (Å²) in [5.41, 5.74) is 2.70. The van der Waals surface area contributed by atoms with Crippen molar-refractivity contribution in [1.29, 1.82) is 0 Å². The Kier molecular flexibility index (Phi) is 3.00. The number of aryl methyl sites for hydroxylation is 1. The van der Waals surface area contributed by atoms with E-state index in [2.05, 4.69) is 25.3 Å². The summed E-state index contributed by atoms with van der Waals surface area (Å²) in [4.78, 5) is 15.3. The molecule has 0 saturated heterocycles. The number of anilines is 2. The highest BCUT2D eigenvalue weighted by Crippen LogP contribution is 2.25. The van der Waals surface area contributed by atoms with E-state index in [0.29, 0.717) is 10.8 Å². The summed E-state index contributed by atoms with van der Waals surface area (Å²) >= 11 is 11.7. The summed E-state index contributed by atoms with van der Waals surface area (Å²) in [6.07, 6.45) is 1.46. The third kappa shape index (κ3) is 2.47. The smallest absolute Gasteiger partial charge is 0.224 e. The number of halogens is 2. The Balaban J connectivity index is 1.98. The average Bonchev–Trinajstić information content (AvgIpc) is 2.73. The normalized spacial score (nSPS) is 10.9. The van der Waals surface area contributed by atoms with E-state index in [9.17, 15) is 0 Å². The highest BCUT2D eigenvalue weighted by molar-refractivity contribution is 6.33. The van der Waals surface area contributed by atoms with Crippen molar-refractivity contribution >= 4 is 45.7 Å². The van der Waals surface area contributed by atoms with Crippen LogP contribution in [0.2, 0.25) is 10.3 Å². The Morgan fingerprint density at radius 1 is 1.21 bits per heavy atom. The molecule has 0 amide bonds. The molecular formula is C12H9Cl2N5. The van der Waals surface area contributed by atoms with E-state index in [4.69, 9.17) is 23.2 Å². The lowest BCUT2D eigenvalue weighted by Crippen LogP contribution is -1.96. The molecule has 3 rings (SSSR count). The Morgan fingerprint density at radius 3 is 2.89 bits per heavy atom. The van der Waals surface area contributed by atoms with Gasteiger partial charge in [0.2, 0.25) is 5.28 Å². The quantitative estimate of drug-likeness (QED) is 0.707. The van der Waals surface area contributed by atoms with Crippen LogP contribution in [0.15, 0.2) is 24.4 Å². The molecule has 0 aliphatic carbocycles. The first-order chi connectivity index (χ1) is 9.11. The fraction of sp³-hybridized carbons (Fsp3) is 0.0833. The average molecular weight is 294 g/mol. The van der Waals surface area contributed by atoms with Crippen molar-refractivity contribution in [2.45, 2.75) is 6.92 Å². The zero-order chi connectivity index (χ0) is 13.4. The van der Waals surface area contributed by atoms with E-state index in [-0.39, 0.29) is 5.28 Å². The topological polar surface area (TPSA) is 66.5 Å². The van der Waals surface area contributed by atoms with Crippen LogP contribution in [0.25, 0.3) is 11.0 Å². The molecule has 0 spiro atoms. The molecule has 0 saturated carbocycles. The van der Waals surface area contributed by atoms with E-state index in [0.717, 1.165) is 22.5 Å². The van der Waals surface area contributed by atoms with Crippen molar-refractivity contribution in [2.24, 2.45) is 0 Å². The summed E-state index contributed by atoms with van der Waals surface area (Å²) in [5, 5.41) is 3.65. The number of hydrogen-bond donors (Lipinski definition) is 2. The number of H-pyrrole nitrogens is 1. The van der Waals surface area contributed by atoms with Gasteiger partial charge in [-0.05, 0) is 36.7 Å². The molecule has 0 aliphatic heterocycles. The second-order valence-corrected chi connectivity index (χ2v) is 4.76. The molecule has 0 aliphatic rings. The molecule has 0 atom stereocenters. The molecule has 2 N–H and O–H groups in total. The largest absolute Gasteiger partial charge is 0.342 e. The number of nitrogens with one attached hydrogen (secondary N) is 2. The number of aromatic amines is 1. The summed E-state index contributed by atoms with van der Waals surface area (Å²) in [6.45, 7) is 1.91. The molecule has 7 heteroatoms. The van der Waals surface area contributed by atoms with Gasteiger partial charge in [0.1, 0.15) is 10.8 Å². The molecule has 0 bridgehead atoms. The first-order valence-corrected chi connectivity index (χ1v) is 6.29. The SMILES string of the molecule is Cc1nc2ccc(Nc3nc(Cl)ncc3Cl)cc2[nH]1. The van der Waals surface area contributed by atoms with Crippen LogP contribution >= 0.6 is 23.2 Å². The molecule has 0 fully saturated rings. The third-order valence-corrected chi connectivity index (χ3v) is 3.04. The van der Waals surface area contributed by atoms with Crippen molar-refractivity contribution in [1.82, 2.24) is 19.9 Å². The first kappa shape index (κ1) is 12.2. The predicted octanol–water partition coefficient (Wildman–Crippen LogP) is 3.71. The highest BCUT2D eigenvalue weighted by atomic mass is 35.5. The van der Waals surface area contributed by atoms with Crippen LogP contribution in [0.3, 0.4) is 0 Å². The lowest BCUT2D eigenvalue weighted by Gasteiger charge is -2.07. The van der Waals surface area contributed by atoms with Gasteiger partial charge in [-0.1, -0.05) is 11.6 Å². The minimum absolute atomic E-state index is 0.144. The third-order valence-electron chi connectivity index (χ3n) is 2.58. The zero-order valence-electron chi connectivity index (χ0n) is 9.91. The minimum Gasteiger partial charge on any atom is -0.342 e. The lowest BCUT2D eigenvalue weighted by atomic mass is 10.3. The number of hydrogen-bond acceptors (Lipinski definition) is 4. The second kappa shape index (κ2) is 4.68. The number of imidazole rings is 1. The zero-order valence-corrected chi connectivity index (χ0v) is 11.4. The predicted molar refractivity (Wildman–Crippen MR) is 76.2 cm³/mol. The van der Waals surface area contributed by atoms with Gasteiger partial charge in [0.25, 0.3) is 0 Å².